The summed E-state index contributed by atoms with van der Waals surface area (Å²) in [7, 11) is 0. The van der Waals surface area contributed by atoms with E-state index in [4.69, 9.17) is 10.8 Å². The first kappa shape index (κ1) is 31.8. The van der Waals surface area contributed by atoms with E-state index in [0.29, 0.717) is 23.0 Å². The topological polar surface area (TPSA) is 97.7 Å². The summed E-state index contributed by atoms with van der Waals surface area (Å²) in [5.41, 5.74) is 5.68. The molecule has 0 aliphatic carbocycles. The highest BCUT2D eigenvalue weighted by Gasteiger charge is 2.19. The molecular weight excluding hydrogens is 733 g/mol. The van der Waals surface area contributed by atoms with Crippen LogP contribution in [0.25, 0.3) is 83.0 Å². The second-order valence-corrected chi connectivity index (χ2v) is 14.2. The Balaban J connectivity index is 0.963. The van der Waals surface area contributed by atoms with Crippen LogP contribution >= 0.6 is 0 Å². The van der Waals surface area contributed by atoms with Gasteiger partial charge in [0.2, 0.25) is 0 Å². The van der Waals surface area contributed by atoms with Crippen molar-refractivity contribution < 1.29 is 10.8 Å². The van der Waals surface area contributed by atoms with E-state index >= 15 is 0 Å². The molecule has 10 heteroatoms. The summed E-state index contributed by atoms with van der Waals surface area (Å²) in [6.07, 6.45) is 4.93. The average Bonchev–Trinajstić information content (AvgIpc) is 3.91. The van der Waals surface area contributed by atoms with Crippen LogP contribution in [-0.4, -0.2) is 38.9 Å². The third-order valence-electron chi connectivity index (χ3n) is 10.9. The highest BCUT2D eigenvalue weighted by Crippen LogP contribution is 2.40. The first-order valence-electron chi connectivity index (χ1n) is 19.6. The Morgan fingerprint density at radius 1 is 0.373 bits per heavy atom. The number of rotatable bonds is 7. The Morgan fingerprint density at radius 2 is 0.780 bits per heavy atom. The minimum absolute atomic E-state index is 0.00278. The highest BCUT2D eigenvalue weighted by molar-refractivity contribution is 6.11. The molecule has 0 amide bonds. The summed E-state index contributed by atoms with van der Waals surface area (Å²) in [4.78, 5) is 13.8. The fraction of sp³-hybridized carbons (Fsp3) is 0. The number of pyridine rings is 2. The molecule has 278 valence electrons. The number of aromatic nitrogens is 8. The second-order valence-electron chi connectivity index (χ2n) is 14.2. The molecule has 0 saturated heterocycles. The Labute approximate surface area is 337 Å². The monoisotopic (exact) mass is 763 g/mol. The van der Waals surface area contributed by atoms with Gasteiger partial charge in [0.1, 0.15) is 34.6 Å². The van der Waals surface area contributed by atoms with Crippen LogP contribution in [0.5, 0.6) is 23.0 Å². The molecule has 6 aromatic heterocycles. The van der Waals surface area contributed by atoms with Gasteiger partial charge in [-0.3, -0.25) is 13.7 Å². The van der Waals surface area contributed by atoms with Crippen molar-refractivity contribution in [2.75, 3.05) is 0 Å². The number of hydrogen-bond acceptors (Lipinski definition) is 7. The molecule has 0 atom stereocenters. The number of benzene rings is 6. The molecule has 0 spiro atoms. The average molecular weight is 764 g/mol. The van der Waals surface area contributed by atoms with Gasteiger partial charge in [-0.15, -0.1) is 5.10 Å². The summed E-state index contributed by atoms with van der Waals surface area (Å²) in [5, 5.41) is 14.9. The lowest BCUT2D eigenvalue weighted by Crippen LogP contribution is -2.01. The summed E-state index contributed by atoms with van der Waals surface area (Å²) in [6, 6.07) is 52.7. The SMILES string of the molecule is [2H]c1cnnc(-n2c3cc(Oc4ccc5c6ccccc6n(-c6ccccn6)c5c4)ccc3c3ccc(Oc4ccc5c6ccccc6n(-c6ccccn6)c5c4)cc32)n1. The van der Waals surface area contributed by atoms with Crippen LogP contribution in [0.15, 0.2) is 182 Å². The van der Waals surface area contributed by atoms with E-state index in [1.54, 1.807) is 12.4 Å². The van der Waals surface area contributed by atoms with E-state index in [9.17, 15) is 0 Å². The third kappa shape index (κ3) is 5.31. The van der Waals surface area contributed by atoms with Gasteiger partial charge in [-0.2, -0.15) is 5.10 Å². The zero-order chi connectivity index (χ0) is 39.7. The number of nitrogens with zero attached hydrogens (tertiary/aromatic N) is 8. The molecule has 0 N–H and O–H groups in total. The van der Waals surface area contributed by atoms with E-state index in [1.165, 1.54) is 6.20 Å². The molecule has 0 radical (unpaired) electrons. The van der Waals surface area contributed by atoms with Gasteiger partial charge in [-0.25, -0.2) is 15.0 Å². The molecule has 0 fully saturated rings. The maximum absolute atomic E-state index is 8.32. The van der Waals surface area contributed by atoms with Crippen molar-refractivity contribution in [1.29, 1.82) is 0 Å². The lowest BCUT2D eigenvalue weighted by atomic mass is 10.1. The van der Waals surface area contributed by atoms with E-state index in [1.807, 2.05) is 102 Å². The predicted molar refractivity (Wildman–Crippen MR) is 231 cm³/mol. The molecule has 0 saturated carbocycles. The fourth-order valence-corrected chi connectivity index (χ4v) is 8.40. The summed E-state index contributed by atoms with van der Waals surface area (Å²) in [5.74, 6) is 4.50. The second kappa shape index (κ2) is 13.1. The van der Waals surface area contributed by atoms with Crippen molar-refractivity contribution in [2.24, 2.45) is 0 Å². The van der Waals surface area contributed by atoms with Gasteiger partial charge in [0.25, 0.3) is 5.95 Å². The Bertz CT molecular complexity index is 3420. The molecule has 12 aromatic rings. The van der Waals surface area contributed by atoms with Crippen LogP contribution in [0.4, 0.5) is 0 Å². The van der Waals surface area contributed by atoms with E-state index in [0.717, 1.165) is 77.1 Å². The van der Waals surface area contributed by atoms with Crippen molar-refractivity contribution in [3.8, 4) is 40.6 Å². The molecule has 12 rings (SSSR count). The van der Waals surface area contributed by atoms with Gasteiger partial charge >= 0.3 is 0 Å². The molecular formula is C49H30N8O2. The Morgan fingerprint density at radius 3 is 1.20 bits per heavy atom. The number of fused-ring (bicyclic) bond motifs is 9. The zero-order valence-corrected chi connectivity index (χ0v) is 31.1. The molecule has 0 bridgehead atoms. The first-order valence-corrected chi connectivity index (χ1v) is 19.1. The van der Waals surface area contributed by atoms with Crippen molar-refractivity contribution in [1.82, 2.24) is 38.9 Å². The van der Waals surface area contributed by atoms with Crippen molar-refractivity contribution in [3.05, 3.63) is 182 Å². The van der Waals surface area contributed by atoms with E-state index < -0.39 is 0 Å². The van der Waals surface area contributed by atoms with Crippen molar-refractivity contribution >= 4 is 65.4 Å². The molecule has 6 aromatic carbocycles. The van der Waals surface area contributed by atoms with Crippen LogP contribution < -0.4 is 9.47 Å². The number of hydrogen-bond donors (Lipinski definition) is 0. The molecule has 59 heavy (non-hydrogen) atoms. The minimum atomic E-state index is 0.00278. The van der Waals surface area contributed by atoms with Gasteiger partial charge in [-0.05, 0) is 84.9 Å². The van der Waals surface area contributed by atoms with E-state index in [-0.39, 0.29) is 12.1 Å². The van der Waals surface area contributed by atoms with Crippen LogP contribution in [0.3, 0.4) is 0 Å². The van der Waals surface area contributed by atoms with Crippen LogP contribution in [0.2, 0.25) is 0 Å². The van der Waals surface area contributed by atoms with Gasteiger partial charge in [0.15, 0.2) is 0 Å². The lowest BCUT2D eigenvalue weighted by molar-refractivity contribution is 0.484. The lowest BCUT2D eigenvalue weighted by Gasteiger charge is -2.10. The molecule has 0 unspecified atom stereocenters. The van der Waals surface area contributed by atoms with Gasteiger partial charge in [0.05, 0.1) is 46.8 Å². The maximum Gasteiger partial charge on any atom is 0.254 e. The van der Waals surface area contributed by atoms with Crippen LogP contribution in [-0.2, 0) is 0 Å². The molecule has 0 aliphatic heterocycles. The molecule has 10 nitrogen and oxygen atoms in total. The third-order valence-corrected chi connectivity index (χ3v) is 10.9. The van der Waals surface area contributed by atoms with Crippen LogP contribution in [0.1, 0.15) is 1.37 Å². The predicted octanol–water partition coefficient (Wildman–Crippen LogP) is 11.5. The molecule has 0 aliphatic rings. The number of ether oxygens (including phenoxy) is 2. The zero-order valence-electron chi connectivity index (χ0n) is 32.1. The van der Waals surface area contributed by atoms with Crippen molar-refractivity contribution in [2.45, 2.75) is 0 Å². The Kier molecular flexibility index (Phi) is 7.06. The summed E-state index contributed by atoms with van der Waals surface area (Å²) in [6.45, 7) is 0. The quantitative estimate of drug-likeness (QED) is 0.159. The van der Waals surface area contributed by atoms with E-state index in [2.05, 4.69) is 94.9 Å². The highest BCUT2D eigenvalue weighted by atomic mass is 16.5. The van der Waals surface area contributed by atoms with Crippen molar-refractivity contribution in [3.63, 3.8) is 0 Å². The Hall–Kier alpha value is -8.37. The standard InChI is InChI=1S/C49H30N8O2/c1-3-11-41-35(9-1)37-19-15-31(27-43(37)55(41)47-13-5-7-23-50-47)58-33-17-21-39-40-22-18-34(30-46(40)57(45(39)29-33)49-52-25-26-53-54-49)59-32-16-20-38-36-10-2-4-12-42(36)56(44(38)28-32)48-14-6-8-24-51-48/h1-30H/i25D. The van der Waals surface area contributed by atoms with Gasteiger partial charge in [-0.1, -0.05) is 48.5 Å². The minimum Gasteiger partial charge on any atom is -0.457 e. The summed E-state index contributed by atoms with van der Waals surface area (Å²) < 4.78 is 27.8. The largest absolute Gasteiger partial charge is 0.457 e. The van der Waals surface area contributed by atoms with Gasteiger partial charge in [0, 0.05) is 69.0 Å². The first-order chi connectivity index (χ1) is 29.6. The normalized spacial score (nSPS) is 12.0. The smallest absolute Gasteiger partial charge is 0.254 e. The van der Waals surface area contributed by atoms with Crippen LogP contribution in [0, 0.1) is 0 Å². The maximum atomic E-state index is 8.32. The fourth-order valence-electron chi connectivity index (χ4n) is 8.40. The number of para-hydroxylation sites is 2. The molecule has 6 heterocycles. The summed E-state index contributed by atoms with van der Waals surface area (Å²) >= 11 is 0. The van der Waals surface area contributed by atoms with Gasteiger partial charge < -0.3 is 9.47 Å².